The second-order valence-corrected chi connectivity index (χ2v) is 7.18. The summed E-state index contributed by atoms with van der Waals surface area (Å²) in [5.74, 6) is 0.258. The van der Waals surface area contributed by atoms with Crippen LogP contribution in [0.3, 0.4) is 0 Å². The third-order valence-electron chi connectivity index (χ3n) is 5.33. The number of pyridine rings is 1. The molecule has 1 amide bonds. The monoisotopic (exact) mass is 430 g/mol. The maximum Gasteiger partial charge on any atom is 0.263 e. The molecule has 0 atom stereocenters. The minimum Gasteiger partial charge on any atom is -0.504 e. The number of anilines is 1. The Morgan fingerprint density at radius 1 is 0.969 bits per heavy atom. The Balaban J connectivity index is 1.97. The number of aromatic hydroxyl groups is 1. The van der Waals surface area contributed by atoms with Gasteiger partial charge in [0.15, 0.2) is 11.5 Å². The average Bonchev–Trinajstić information content (AvgIpc) is 2.84. The molecule has 0 unspecified atom stereocenters. The molecule has 162 valence electrons. The van der Waals surface area contributed by atoms with E-state index in [4.69, 9.17) is 9.47 Å². The Kier molecular flexibility index (Phi) is 5.55. The number of phenolic OH excluding ortho intramolecular Hbond substituents is 1. The summed E-state index contributed by atoms with van der Waals surface area (Å²) in [6.07, 6.45) is 1.52. The van der Waals surface area contributed by atoms with Crippen LogP contribution in [-0.2, 0) is 0 Å². The van der Waals surface area contributed by atoms with Gasteiger partial charge >= 0.3 is 0 Å². The molecule has 0 saturated carbocycles. The molecule has 0 aliphatic heterocycles. The van der Waals surface area contributed by atoms with Crippen molar-refractivity contribution < 1.29 is 19.4 Å². The van der Waals surface area contributed by atoms with Gasteiger partial charge in [-0.3, -0.25) is 9.59 Å². The lowest BCUT2D eigenvalue weighted by molar-refractivity contribution is 0.0991. The zero-order valence-electron chi connectivity index (χ0n) is 17.9. The van der Waals surface area contributed by atoms with Crippen LogP contribution in [0.5, 0.6) is 17.2 Å². The molecule has 7 nitrogen and oxygen atoms in total. The van der Waals surface area contributed by atoms with Crippen LogP contribution in [0.1, 0.15) is 10.4 Å². The highest BCUT2D eigenvalue weighted by Gasteiger charge is 2.21. The number of nitrogens with zero attached hydrogens (tertiary/aromatic N) is 2. The molecule has 0 saturated heterocycles. The predicted octanol–water partition coefficient (Wildman–Crippen LogP) is 3.99. The van der Waals surface area contributed by atoms with Crippen LogP contribution in [0.15, 0.2) is 77.7 Å². The number of amides is 1. The van der Waals surface area contributed by atoms with Crippen molar-refractivity contribution in [1.82, 2.24) is 4.57 Å². The van der Waals surface area contributed by atoms with E-state index in [2.05, 4.69) is 0 Å². The van der Waals surface area contributed by atoms with Gasteiger partial charge < -0.3 is 24.0 Å². The van der Waals surface area contributed by atoms with Crippen LogP contribution in [0.2, 0.25) is 0 Å². The lowest BCUT2D eigenvalue weighted by Crippen LogP contribution is -2.31. The van der Waals surface area contributed by atoms with Crippen LogP contribution in [0, 0.1) is 0 Å². The quantitative estimate of drug-likeness (QED) is 0.518. The summed E-state index contributed by atoms with van der Waals surface area (Å²) in [5.41, 5.74) is 1.36. The molecule has 0 fully saturated rings. The van der Waals surface area contributed by atoms with E-state index in [9.17, 15) is 14.7 Å². The first-order chi connectivity index (χ1) is 15.4. The second kappa shape index (κ2) is 8.47. The minimum absolute atomic E-state index is 0.0239. The molecule has 0 aliphatic carbocycles. The van der Waals surface area contributed by atoms with Gasteiger partial charge in [-0.2, -0.15) is 0 Å². The number of ether oxygens (including phenoxy) is 2. The molecule has 0 aliphatic rings. The summed E-state index contributed by atoms with van der Waals surface area (Å²) >= 11 is 0. The van der Waals surface area contributed by atoms with E-state index in [1.807, 2.05) is 30.3 Å². The summed E-state index contributed by atoms with van der Waals surface area (Å²) in [7, 11) is 4.63. The maximum absolute atomic E-state index is 13.3. The van der Waals surface area contributed by atoms with Gasteiger partial charge in [-0.25, -0.2) is 0 Å². The first-order valence-electron chi connectivity index (χ1n) is 9.88. The van der Waals surface area contributed by atoms with Crippen molar-refractivity contribution in [3.8, 4) is 22.9 Å². The molecule has 0 spiro atoms. The topological polar surface area (TPSA) is 81.0 Å². The number of fused-ring (bicyclic) bond motifs is 1. The number of rotatable bonds is 5. The number of phenols is 1. The Morgan fingerprint density at radius 3 is 2.28 bits per heavy atom. The number of aromatic nitrogens is 1. The molecule has 0 bridgehead atoms. The molecule has 3 aromatic carbocycles. The van der Waals surface area contributed by atoms with Gasteiger partial charge in [0.25, 0.3) is 5.91 Å². The van der Waals surface area contributed by atoms with Crippen molar-refractivity contribution in [1.29, 1.82) is 0 Å². The van der Waals surface area contributed by atoms with Crippen LogP contribution >= 0.6 is 0 Å². The first-order valence-corrected chi connectivity index (χ1v) is 9.88. The standard InChI is InChI=1S/C25H22N2O5/c1-26(16-7-5-4-6-8-16)25(30)20-15-27(17-9-11-18(31-2)12-10-17)21-14-23(32-3)22(28)13-19(21)24(20)29/h4-15,28H,1-3H3. The van der Waals surface area contributed by atoms with E-state index in [0.717, 1.165) is 0 Å². The number of carbonyl (C=O) groups is 1. The van der Waals surface area contributed by atoms with Gasteiger partial charge in [0.1, 0.15) is 11.3 Å². The van der Waals surface area contributed by atoms with E-state index < -0.39 is 11.3 Å². The lowest BCUT2D eigenvalue weighted by atomic mass is 10.1. The van der Waals surface area contributed by atoms with Gasteiger partial charge in [-0.15, -0.1) is 0 Å². The number of carbonyl (C=O) groups excluding carboxylic acids is 1. The minimum atomic E-state index is -0.476. The van der Waals surface area contributed by atoms with Crippen molar-refractivity contribution in [3.63, 3.8) is 0 Å². The molecule has 1 heterocycles. The molecular weight excluding hydrogens is 408 g/mol. The molecule has 4 rings (SSSR count). The van der Waals surface area contributed by atoms with Gasteiger partial charge in [-0.1, -0.05) is 18.2 Å². The normalized spacial score (nSPS) is 10.7. The number of hydrogen-bond donors (Lipinski definition) is 1. The summed E-state index contributed by atoms with van der Waals surface area (Å²) in [5, 5.41) is 10.5. The molecule has 4 aromatic rings. The maximum atomic E-state index is 13.3. The van der Waals surface area contributed by atoms with Crippen LogP contribution in [0.4, 0.5) is 5.69 Å². The van der Waals surface area contributed by atoms with Crippen molar-refractivity contribution in [2.45, 2.75) is 0 Å². The predicted molar refractivity (Wildman–Crippen MR) is 123 cm³/mol. The van der Waals surface area contributed by atoms with E-state index in [-0.39, 0.29) is 22.4 Å². The first kappa shape index (κ1) is 21.0. The van der Waals surface area contributed by atoms with Crippen molar-refractivity contribution >= 4 is 22.5 Å². The average molecular weight is 430 g/mol. The van der Waals surface area contributed by atoms with Crippen molar-refractivity contribution in [2.75, 3.05) is 26.2 Å². The smallest absolute Gasteiger partial charge is 0.263 e. The van der Waals surface area contributed by atoms with Crippen molar-refractivity contribution in [3.05, 3.63) is 88.7 Å². The number of para-hydroxylation sites is 1. The highest BCUT2D eigenvalue weighted by atomic mass is 16.5. The number of methoxy groups -OCH3 is 2. The number of hydrogen-bond acceptors (Lipinski definition) is 5. The third-order valence-corrected chi connectivity index (χ3v) is 5.33. The fourth-order valence-corrected chi connectivity index (χ4v) is 3.56. The van der Waals surface area contributed by atoms with Gasteiger partial charge in [0.05, 0.1) is 25.1 Å². The largest absolute Gasteiger partial charge is 0.504 e. The molecular formula is C25H22N2O5. The van der Waals surface area contributed by atoms with Gasteiger partial charge in [0, 0.05) is 30.7 Å². The highest BCUT2D eigenvalue weighted by Crippen LogP contribution is 2.31. The van der Waals surface area contributed by atoms with Crippen LogP contribution in [-0.4, -0.2) is 36.8 Å². The van der Waals surface area contributed by atoms with Gasteiger partial charge in [0.2, 0.25) is 5.43 Å². The number of benzene rings is 3. The van der Waals surface area contributed by atoms with Gasteiger partial charge in [-0.05, 0) is 42.5 Å². The fourth-order valence-electron chi connectivity index (χ4n) is 3.56. The molecule has 32 heavy (non-hydrogen) atoms. The Morgan fingerprint density at radius 2 is 1.66 bits per heavy atom. The van der Waals surface area contributed by atoms with E-state index in [0.29, 0.717) is 22.6 Å². The highest BCUT2D eigenvalue weighted by molar-refractivity contribution is 6.07. The SMILES string of the molecule is COc1ccc(-n2cc(C(=O)N(C)c3ccccc3)c(=O)c3cc(O)c(OC)cc32)cc1. The summed E-state index contributed by atoms with van der Waals surface area (Å²) in [6.45, 7) is 0. The Hall–Kier alpha value is -4.26. The van der Waals surface area contributed by atoms with Crippen LogP contribution < -0.4 is 19.8 Å². The second-order valence-electron chi connectivity index (χ2n) is 7.18. The lowest BCUT2D eigenvalue weighted by Gasteiger charge is -2.19. The molecule has 1 aromatic heterocycles. The third kappa shape index (κ3) is 3.65. The summed E-state index contributed by atoms with van der Waals surface area (Å²) in [4.78, 5) is 28.0. The molecule has 7 heteroatoms. The zero-order chi connectivity index (χ0) is 22.8. The zero-order valence-corrected chi connectivity index (χ0v) is 17.9. The van der Waals surface area contributed by atoms with E-state index in [1.54, 1.807) is 49.1 Å². The Bertz CT molecular complexity index is 1350. The summed E-state index contributed by atoms with van der Waals surface area (Å²) in [6, 6.07) is 19.2. The van der Waals surface area contributed by atoms with E-state index in [1.165, 1.54) is 24.3 Å². The van der Waals surface area contributed by atoms with Crippen LogP contribution in [0.25, 0.3) is 16.6 Å². The Labute approximate surface area is 184 Å². The summed E-state index contributed by atoms with van der Waals surface area (Å²) < 4.78 is 12.2. The fraction of sp³-hybridized carbons (Fsp3) is 0.120. The van der Waals surface area contributed by atoms with E-state index >= 15 is 0 Å². The van der Waals surface area contributed by atoms with Crippen molar-refractivity contribution in [2.24, 2.45) is 0 Å². The molecule has 0 radical (unpaired) electrons. The molecule has 1 N–H and O–H groups in total.